The summed E-state index contributed by atoms with van der Waals surface area (Å²) in [6.45, 7) is 2.15. The average Bonchev–Trinajstić information content (AvgIpc) is 3.04. The number of esters is 1. The van der Waals surface area contributed by atoms with E-state index in [-0.39, 0.29) is 11.7 Å². The Kier molecular flexibility index (Phi) is 4.93. The molecule has 1 atom stereocenters. The van der Waals surface area contributed by atoms with Crippen LogP contribution < -0.4 is 4.90 Å². The van der Waals surface area contributed by atoms with Gasteiger partial charge in [0.15, 0.2) is 6.10 Å². The molecule has 3 rings (SSSR count). The second-order valence-electron chi connectivity index (χ2n) is 5.83. The topological polar surface area (TPSA) is 46.6 Å². The van der Waals surface area contributed by atoms with E-state index in [1.807, 2.05) is 24.3 Å². The molecule has 25 heavy (non-hydrogen) atoms. The second kappa shape index (κ2) is 7.30. The van der Waals surface area contributed by atoms with Gasteiger partial charge < -0.3 is 9.64 Å². The Morgan fingerprint density at radius 3 is 2.64 bits per heavy atom. The number of anilines is 1. The number of nitrogens with zero attached hydrogens (tertiary/aromatic N) is 1. The van der Waals surface area contributed by atoms with Crippen molar-refractivity contribution in [3.05, 3.63) is 71.6 Å². The summed E-state index contributed by atoms with van der Waals surface area (Å²) in [5, 5.41) is 0. The van der Waals surface area contributed by atoms with Crippen LogP contribution in [0, 0.1) is 5.82 Å². The van der Waals surface area contributed by atoms with E-state index in [4.69, 9.17) is 4.74 Å². The van der Waals surface area contributed by atoms with Crippen molar-refractivity contribution < 1.29 is 18.7 Å². The molecule has 0 fully saturated rings. The predicted molar refractivity (Wildman–Crippen MR) is 93.5 cm³/mol. The van der Waals surface area contributed by atoms with Crippen molar-refractivity contribution in [1.29, 1.82) is 0 Å². The Morgan fingerprint density at radius 2 is 1.88 bits per heavy atom. The maximum absolute atomic E-state index is 12.8. The molecule has 0 unspecified atom stereocenters. The van der Waals surface area contributed by atoms with Crippen molar-refractivity contribution in [2.24, 2.45) is 0 Å². The summed E-state index contributed by atoms with van der Waals surface area (Å²) in [4.78, 5) is 26.1. The summed E-state index contributed by atoms with van der Waals surface area (Å²) >= 11 is 0. The first kappa shape index (κ1) is 16.9. The summed E-state index contributed by atoms with van der Waals surface area (Å²) in [7, 11) is 0. The van der Waals surface area contributed by atoms with Crippen molar-refractivity contribution in [3.8, 4) is 0 Å². The van der Waals surface area contributed by atoms with Crippen molar-refractivity contribution >= 4 is 23.6 Å². The fourth-order valence-corrected chi connectivity index (χ4v) is 2.79. The zero-order valence-corrected chi connectivity index (χ0v) is 13.8. The first-order chi connectivity index (χ1) is 12.0. The number of para-hydroxylation sites is 1. The van der Waals surface area contributed by atoms with E-state index in [0.717, 1.165) is 17.7 Å². The standard InChI is InChI=1S/C20H18FNO3/c1-14(20(24)22-13-12-16-4-2-3-5-18(16)22)25-19(23)11-8-15-6-9-17(21)10-7-15/h2-11,14H,12-13H2,1H3/b11-8+/t14-/m0/s1. The largest absolute Gasteiger partial charge is 0.449 e. The third-order valence-corrected chi connectivity index (χ3v) is 4.08. The molecular formula is C20H18FNO3. The van der Waals surface area contributed by atoms with Gasteiger partial charge in [0.1, 0.15) is 5.82 Å². The van der Waals surface area contributed by atoms with Crippen LogP contribution in [0.3, 0.4) is 0 Å². The number of ether oxygens (including phenoxy) is 1. The number of halogens is 1. The van der Waals surface area contributed by atoms with Crippen molar-refractivity contribution in [2.75, 3.05) is 11.4 Å². The molecule has 1 amide bonds. The van der Waals surface area contributed by atoms with Gasteiger partial charge in [-0.05, 0) is 48.7 Å². The van der Waals surface area contributed by atoms with Crippen LogP contribution in [0.15, 0.2) is 54.6 Å². The van der Waals surface area contributed by atoms with Crippen LogP contribution in [0.2, 0.25) is 0 Å². The molecule has 0 aromatic heterocycles. The van der Waals surface area contributed by atoms with Gasteiger partial charge in [-0.25, -0.2) is 9.18 Å². The van der Waals surface area contributed by atoms with Gasteiger partial charge in [-0.1, -0.05) is 30.3 Å². The fraction of sp³-hybridized carbons (Fsp3) is 0.200. The normalized spacial score (nSPS) is 14.4. The Balaban J connectivity index is 1.60. The molecule has 4 nitrogen and oxygen atoms in total. The van der Waals surface area contributed by atoms with Gasteiger partial charge in [-0.3, -0.25) is 4.79 Å². The second-order valence-corrected chi connectivity index (χ2v) is 5.83. The quantitative estimate of drug-likeness (QED) is 0.634. The molecule has 0 saturated carbocycles. The van der Waals surface area contributed by atoms with Crippen molar-refractivity contribution in [2.45, 2.75) is 19.4 Å². The maximum Gasteiger partial charge on any atom is 0.331 e. The minimum Gasteiger partial charge on any atom is -0.449 e. The molecule has 0 saturated heterocycles. The number of rotatable bonds is 4. The van der Waals surface area contributed by atoms with E-state index >= 15 is 0 Å². The summed E-state index contributed by atoms with van der Waals surface area (Å²) < 4.78 is 18.0. The van der Waals surface area contributed by atoms with Crippen LogP contribution >= 0.6 is 0 Å². The molecule has 5 heteroatoms. The summed E-state index contributed by atoms with van der Waals surface area (Å²) in [5.74, 6) is -1.20. The number of hydrogen-bond donors (Lipinski definition) is 0. The number of carbonyl (C=O) groups excluding carboxylic acids is 2. The predicted octanol–water partition coefficient (Wildman–Crippen LogP) is 3.36. The molecule has 2 aromatic rings. The van der Waals surface area contributed by atoms with E-state index < -0.39 is 12.1 Å². The first-order valence-electron chi connectivity index (χ1n) is 8.08. The fourth-order valence-electron chi connectivity index (χ4n) is 2.79. The van der Waals surface area contributed by atoms with Crippen LogP contribution in [-0.2, 0) is 20.7 Å². The number of carbonyl (C=O) groups is 2. The molecule has 1 heterocycles. The van der Waals surface area contributed by atoms with E-state index in [1.165, 1.54) is 24.3 Å². The molecule has 128 valence electrons. The van der Waals surface area contributed by atoms with Crippen LogP contribution in [0.4, 0.5) is 10.1 Å². The minimum atomic E-state index is -0.878. The number of benzene rings is 2. The van der Waals surface area contributed by atoms with Crippen molar-refractivity contribution in [3.63, 3.8) is 0 Å². The van der Waals surface area contributed by atoms with Gasteiger partial charge in [0.25, 0.3) is 5.91 Å². The highest BCUT2D eigenvalue weighted by Gasteiger charge is 2.29. The molecule has 0 radical (unpaired) electrons. The van der Waals surface area contributed by atoms with Gasteiger partial charge in [0.2, 0.25) is 0 Å². The molecule has 0 N–H and O–H groups in total. The number of amides is 1. The molecule has 0 spiro atoms. The third kappa shape index (κ3) is 3.94. The molecule has 1 aliphatic heterocycles. The van der Waals surface area contributed by atoms with Gasteiger partial charge in [0, 0.05) is 18.3 Å². The highest BCUT2D eigenvalue weighted by atomic mass is 19.1. The van der Waals surface area contributed by atoms with Gasteiger partial charge in [0.05, 0.1) is 0 Å². The molecule has 0 bridgehead atoms. The van der Waals surface area contributed by atoms with Crippen LogP contribution in [0.25, 0.3) is 6.08 Å². The lowest BCUT2D eigenvalue weighted by Crippen LogP contribution is -2.38. The Hall–Kier alpha value is -2.95. The van der Waals surface area contributed by atoms with E-state index in [0.29, 0.717) is 12.1 Å². The van der Waals surface area contributed by atoms with E-state index in [2.05, 4.69) is 0 Å². The Morgan fingerprint density at radius 1 is 1.16 bits per heavy atom. The molecule has 2 aromatic carbocycles. The monoisotopic (exact) mass is 339 g/mol. The van der Waals surface area contributed by atoms with Gasteiger partial charge >= 0.3 is 5.97 Å². The lowest BCUT2D eigenvalue weighted by atomic mass is 10.2. The zero-order chi connectivity index (χ0) is 17.8. The number of fused-ring (bicyclic) bond motifs is 1. The van der Waals surface area contributed by atoms with E-state index in [9.17, 15) is 14.0 Å². The highest BCUT2D eigenvalue weighted by molar-refractivity contribution is 6.00. The lowest BCUT2D eigenvalue weighted by Gasteiger charge is -2.21. The van der Waals surface area contributed by atoms with E-state index in [1.54, 1.807) is 24.0 Å². The lowest BCUT2D eigenvalue weighted by molar-refractivity contribution is -0.149. The summed E-state index contributed by atoms with van der Waals surface area (Å²) in [5.41, 5.74) is 2.66. The van der Waals surface area contributed by atoms with Crippen LogP contribution in [0.5, 0.6) is 0 Å². The summed E-state index contributed by atoms with van der Waals surface area (Å²) in [6, 6.07) is 13.4. The highest BCUT2D eigenvalue weighted by Crippen LogP contribution is 2.28. The maximum atomic E-state index is 12.8. The van der Waals surface area contributed by atoms with Gasteiger partial charge in [-0.15, -0.1) is 0 Å². The Labute approximate surface area is 145 Å². The average molecular weight is 339 g/mol. The smallest absolute Gasteiger partial charge is 0.331 e. The Bertz CT molecular complexity index is 814. The van der Waals surface area contributed by atoms with Crippen molar-refractivity contribution in [1.82, 2.24) is 0 Å². The van der Waals surface area contributed by atoms with Crippen LogP contribution in [-0.4, -0.2) is 24.5 Å². The SMILES string of the molecule is C[C@H](OC(=O)/C=C/c1ccc(F)cc1)C(=O)N1CCc2ccccc21. The number of hydrogen-bond acceptors (Lipinski definition) is 3. The van der Waals surface area contributed by atoms with Crippen LogP contribution in [0.1, 0.15) is 18.1 Å². The molecule has 1 aliphatic rings. The third-order valence-electron chi connectivity index (χ3n) is 4.08. The minimum absolute atomic E-state index is 0.242. The molecule has 0 aliphatic carbocycles. The molecular weight excluding hydrogens is 321 g/mol. The zero-order valence-electron chi connectivity index (χ0n) is 13.8. The van der Waals surface area contributed by atoms with Gasteiger partial charge in [-0.2, -0.15) is 0 Å². The first-order valence-corrected chi connectivity index (χ1v) is 8.08. The summed E-state index contributed by atoms with van der Waals surface area (Å²) in [6.07, 6.45) is 2.67.